The number of nitrogens with one attached hydrogen (secondary N) is 2. The van der Waals surface area contributed by atoms with Crippen LogP contribution in [-0.4, -0.2) is 65.1 Å². The fourth-order valence-electron chi connectivity index (χ4n) is 0.996. The van der Waals surface area contributed by atoms with Gasteiger partial charge in [0.1, 0.15) is 25.2 Å². The number of hydrogen-bond donors (Lipinski definition) is 6. The van der Waals surface area contributed by atoms with Crippen LogP contribution in [0.25, 0.3) is 0 Å². The summed E-state index contributed by atoms with van der Waals surface area (Å²) in [6.45, 7) is -1.18. The van der Waals surface area contributed by atoms with Crippen molar-refractivity contribution < 1.29 is 34.1 Å². The maximum absolute atomic E-state index is 11.5. The number of carbonyl (C=O) groups is 4. The van der Waals surface area contributed by atoms with Gasteiger partial charge in [0.15, 0.2) is 0 Å². The third-order valence-electron chi connectivity index (χ3n) is 1.95. The third-order valence-corrected chi connectivity index (χ3v) is 2.32. The molecule has 20 heavy (non-hydrogen) atoms. The van der Waals surface area contributed by atoms with E-state index in [1.807, 2.05) is 0 Å². The molecule has 10 nitrogen and oxygen atoms in total. The molecule has 114 valence electrons. The molecule has 0 aliphatic heterocycles. The summed E-state index contributed by atoms with van der Waals surface area (Å²) in [5.41, 5.74) is 5.34. The van der Waals surface area contributed by atoms with Gasteiger partial charge in [0.25, 0.3) is 0 Å². The van der Waals surface area contributed by atoms with Gasteiger partial charge in [-0.2, -0.15) is 12.6 Å². The number of carbonyl (C=O) groups excluding carboxylic acids is 2. The molecular weight excluding hydrogens is 294 g/mol. The van der Waals surface area contributed by atoms with Crippen molar-refractivity contribution in [3.8, 4) is 0 Å². The van der Waals surface area contributed by atoms with Crippen LogP contribution in [0.15, 0.2) is 0 Å². The van der Waals surface area contributed by atoms with Crippen LogP contribution in [0.3, 0.4) is 0 Å². The van der Waals surface area contributed by atoms with E-state index < -0.39 is 49.2 Å². The predicted molar refractivity (Wildman–Crippen MR) is 68.4 cm³/mol. The van der Waals surface area contributed by atoms with Crippen molar-refractivity contribution in [3.63, 3.8) is 0 Å². The first-order chi connectivity index (χ1) is 9.27. The molecule has 0 fully saturated rings. The average molecular weight is 309 g/mol. The molecule has 0 bridgehead atoms. The molecule has 0 unspecified atom stereocenters. The van der Waals surface area contributed by atoms with Crippen molar-refractivity contribution >= 4 is 36.6 Å². The van der Waals surface area contributed by atoms with Gasteiger partial charge in [-0.15, -0.1) is 0 Å². The highest BCUT2D eigenvalue weighted by molar-refractivity contribution is 7.80. The van der Waals surface area contributed by atoms with Crippen LogP contribution in [0.5, 0.6) is 0 Å². The molecule has 6 N–H and O–H groups in total. The van der Waals surface area contributed by atoms with E-state index in [4.69, 9.17) is 15.9 Å². The molecule has 2 amide bonds. The lowest BCUT2D eigenvalue weighted by Gasteiger charge is -2.18. The molecule has 0 saturated heterocycles. The van der Waals surface area contributed by atoms with Gasteiger partial charge in [-0.25, -0.2) is 4.79 Å². The monoisotopic (exact) mass is 309 g/mol. The number of nitrogens with two attached hydrogens (primary N) is 1. The first-order valence-electron chi connectivity index (χ1n) is 5.30. The number of carboxylic acids is 1. The SMILES string of the molecule is N[C@@H](COC(=O)O)C(=O)N[C@@H](CS)C(=O)NCC(=O)O. The summed E-state index contributed by atoms with van der Waals surface area (Å²) >= 11 is 3.84. The van der Waals surface area contributed by atoms with Crippen molar-refractivity contribution in [1.29, 1.82) is 0 Å². The topological polar surface area (TPSA) is 168 Å². The average Bonchev–Trinajstić information content (AvgIpc) is 2.38. The van der Waals surface area contributed by atoms with Crippen LogP contribution in [0.1, 0.15) is 0 Å². The summed E-state index contributed by atoms with van der Waals surface area (Å²) in [6, 6.07) is -2.39. The van der Waals surface area contributed by atoms with Gasteiger partial charge in [0.05, 0.1) is 0 Å². The first-order valence-corrected chi connectivity index (χ1v) is 5.93. The smallest absolute Gasteiger partial charge is 0.480 e. The van der Waals surface area contributed by atoms with Crippen LogP contribution >= 0.6 is 12.6 Å². The highest BCUT2D eigenvalue weighted by Crippen LogP contribution is 1.92. The van der Waals surface area contributed by atoms with Gasteiger partial charge >= 0.3 is 12.1 Å². The Morgan fingerprint density at radius 1 is 1.20 bits per heavy atom. The fourth-order valence-corrected chi connectivity index (χ4v) is 1.25. The van der Waals surface area contributed by atoms with Crippen molar-refractivity contribution in [1.82, 2.24) is 10.6 Å². The van der Waals surface area contributed by atoms with Gasteiger partial charge < -0.3 is 31.3 Å². The number of rotatable bonds is 8. The van der Waals surface area contributed by atoms with Crippen LogP contribution in [0.2, 0.25) is 0 Å². The molecule has 0 heterocycles. The Labute approximate surface area is 119 Å². The standard InChI is InChI=1S/C9H15N3O7S/c10-4(2-19-9(17)18)7(15)12-5(3-20)8(16)11-1-6(13)14/h4-5,20H,1-3,10H2,(H,11,16)(H,12,15)(H,13,14)(H,17,18)/t4-,5-/m0/s1. The van der Waals surface area contributed by atoms with E-state index >= 15 is 0 Å². The van der Waals surface area contributed by atoms with E-state index in [2.05, 4.69) is 28.0 Å². The predicted octanol–water partition coefficient (Wildman–Crippen LogP) is -2.38. The molecule has 0 aromatic heterocycles. The van der Waals surface area contributed by atoms with Crippen LogP contribution in [0, 0.1) is 0 Å². The summed E-state index contributed by atoms with van der Waals surface area (Å²) < 4.78 is 4.11. The Hall–Kier alpha value is -2.01. The Bertz CT molecular complexity index is 390. The minimum Gasteiger partial charge on any atom is -0.480 e. The molecule has 0 aromatic carbocycles. The summed E-state index contributed by atoms with van der Waals surface area (Å²) in [5.74, 6) is -2.91. The number of thiol groups is 1. The lowest BCUT2D eigenvalue weighted by molar-refractivity contribution is -0.138. The zero-order valence-electron chi connectivity index (χ0n) is 10.2. The normalized spacial score (nSPS) is 12.9. The number of amides is 2. The minimum atomic E-state index is -1.59. The van der Waals surface area contributed by atoms with E-state index in [9.17, 15) is 19.2 Å². The Morgan fingerprint density at radius 3 is 2.25 bits per heavy atom. The second-order valence-corrected chi connectivity index (χ2v) is 3.90. The highest BCUT2D eigenvalue weighted by Gasteiger charge is 2.23. The number of carboxylic acid groups (broad SMARTS) is 2. The Morgan fingerprint density at radius 2 is 1.80 bits per heavy atom. The summed E-state index contributed by atoms with van der Waals surface area (Å²) in [5, 5.41) is 20.9. The molecule has 11 heteroatoms. The molecule has 0 aromatic rings. The quantitative estimate of drug-likeness (QED) is 0.213. The lowest BCUT2D eigenvalue weighted by Crippen LogP contribution is -2.54. The maximum atomic E-state index is 11.5. The van der Waals surface area contributed by atoms with Crippen LogP contribution in [0.4, 0.5) is 4.79 Å². The van der Waals surface area contributed by atoms with E-state index in [-0.39, 0.29) is 5.75 Å². The highest BCUT2D eigenvalue weighted by atomic mass is 32.1. The molecule has 0 spiro atoms. The zero-order valence-corrected chi connectivity index (χ0v) is 11.1. The van der Waals surface area contributed by atoms with E-state index in [1.54, 1.807) is 0 Å². The van der Waals surface area contributed by atoms with Gasteiger partial charge in [0, 0.05) is 5.75 Å². The fraction of sp³-hybridized carbons (Fsp3) is 0.556. The summed E-state index contributed by atoms with van der Waals surface area (Å²) in [7, 11) is 0. The molecular formula is C9H15N3O7S. The maximum Gasteiger partial charge on any atom is 0.505 e. The molecule has 0 aliphatic rings. The van der Waals surface area contributed by atoms with Crippen molar-refractivity contribution in [2.24, 2.45) is 5.73 Å². The van der Waals surface area contributed by atoms with Crippen molar-refractivity contribution in [2.45, 2.75) is 12.1 Å². The second kappa shape index (κ2) is 8.98. The number of ether oxygens (including phenoxy) is 1. The van der Waals surface area contributed by atoms with E-state index in [0.29, 0.717) is 0 Å². The largest absolute Gasteiger partial charge is 0.505 e. The van der Waals surface area contributed by atoms with Crippen molar-refractivity contribution in [2.75, 3.05) is 18.9 Å². The summed E-state index contributed by atoms with van der Waals surface area (Å²) in [4.78, 5) is 43.4. The Kier molecular flexibility index (Phi) is 8.08. The Balaban J connectivity index is 4.33. The molecule has 0 rings (SSSR count). The minimum absolute atomic E-state index is 0.0936. The molecule has 0 radical (unpaired) electrons. The van der Waals surface area contributed by atoms with E-state index in [0.717, 1.165) is 0 Å². The van der Waals surface area contributed by atoms with Gasteiger partial charge in [-0.05, 0) is 0 Å². The molecule has 0 saturated carbocycles. The van der Waals surface area contributed by atoms with Crippen LogP contribution in [-0.2, 0) is 19.1 Å². The van der Waals surface area contributed by atoms with Crippen LogP contribution < -0.4 is 16.4 Å². The number of aliphatic carboxylic acids is 1. The third kappa shape index (κ3) is 7.43. The van der Waals surface area contributed by atoms with Crippen molar-refractivity contribution in [3.05, 3.63) is 0 Å². The second-order valence-electron chi connectivity index (χ2n) is 3.54. The lowest BCUT2D eigenvalue weighted by atomic mass is 10.2. The first kappa shape index (κ1) is 18.0. The summed E-state index contributed by atoms with van der Waals surface area (Å²) in [6.07, 6.45) is -1.59. The van der Waals surface area contributed by atoms with Gasteiger partial charge in [-0.3, -0.25) is 14.4 Å². The molecule has 0 aliphatic carbocycles. The molecule has 2 atom stereocenters. The zero-order chi connectivity index (χ0) is 15.7. The number of hydrogen-bond acceptors (Lipinski definition) is 7. The van der Waals surface area contributed by atoms with Gasteiger partial charge in [-0.1, -0.05) is 0 Å². The van der Waals surface area contributed by atoms with Gasteiger partial charge in [0.2, 0.25) is 11.8 Å². The van der Waals surface area contributed by atoms with E-state index in [1.165, 1.54) is 0 Å².